The maximum absolute atomic E-state index is 12.6. The first kappa shape index (κ1) is 20.2. The molecule has 28 heavy (non-hydrogen) atoms. The van der Waals surface area contributed by atoms with Crippen molar-refractivity contribution in [1.82, 2.24) is 10.1 Å². The van der Waals surface area contributed by atoms with Gasteiger partial charge in [0.15, 0.2) is 5.82 Å². The molecule has 0 saturated carbocycles. The second-order valence-electron chi connectivity index (χ2n) is 7.04. The number of carbonyl (C=O) groups is 1. The number of anilines is 1. The van der Waals surface area contributed by atoms with Gasteiger partial charge in [0.05, 0.1) is 0 Å². The Morgan fingerprint density at radius 1 is 1.36 bits per heavy atom. The molecular formula is C19H22F3N3O3. The quantitative estimate of drug-likeness (QED) is 0.723. The Balaban J connectivity index is 1.60. The Morgan fingerprint density at radius 3 is 2.82 bits per heavy atom. The molecule has 1 aromatic carbocycles. The summed E-state index contributed by atoms with van der Waals surface area (Å²) in [5, 5.41) is 3.89. The van der Waals surface area contributed by atoms with Crippen molar-refractivity contribution >= 4 is 11.6 Å². The van der Waals surface area contributed by atoms with Gasteiger partial charge in [0.25, 0.3) is 0 Å². The van der Waals surface area contributed by atoms with Crippen LogP contribution < -0.4 is 9.64 Å². The fourth-order valence-corrected chi connectivity index (χ4v) is 3.16. The van der Waals surface area contributed by atoms with Gasteiger partial charge in [-0.05, 0) is 43.0 Å². The maximum Gasteiger partial charge on any atom is 0.573 e. The van der Waals surface area contributed by atoms with E-state index in [1.165, 1.54) is 18.2 Å². The van der Waals surface area contributed by atoms with E-state index in [1.54, 1.807) is 4.90 Å². The number of hydrogen-bond donors (Lipinski definition) is 0. The molecule has 0 spiro atoms. The summed E-state index contributed by atoms with van der Waals surface area (Å²) in [6.07, 6.45) is -2.09. The molecule has 9 heteroatoms. The van der Waals surface area contributed by atoms with Crippen molar-refractivity contribution in [3.8, 4) is 5.75 Å². The Hall–Kier alpha value is -2.58. The molecule has 3 rings (SSSR count). The lowest BCUT2D eigenvalue weighted by Gasteiger charge is -2.30. The minimum Gasteiger partial charge on any atom is -0.406 e. The molecule has 0 aliphatic carbocycles. The van der Waals surface area contributed by atoms with Crippen LogP contribution in [0, 0.1) is 0 Å². The normalized spacial score (nSPS) is 14.3. The predicted molar refractivity (Wildman–Crippen MR) is 95.1 cm³/mol. The Bertz CT molecular complexity index is 833. The van der Waals surface area contributed by atoms with Crippen LogP contribution in [0.15, 0.2) is 22.7 Å². The minimum atomic E-state index is -4.73. The molecule has 6 nitrogen and oxygen atoms in total. The predicted octanol–water partition coefficient (Wildman–Crippen LogP) is 4.39. The highest BCUT2D eigenvalue weighted by Crippen LogP contribution is 2.33. The van der Waals surface area contributed by atoms with Crippen LogP contribution in [0.1, 0.15) is 56.3 Å². The minimum absolute atomic E-state index is 0.0750. The Morgan fingerprint density at radius 2 is 2.14 bits per heavy atom. The maximum atomic E-state index is 12.6. The van der Waals surface area contributed by atoms with Gasteiger partial charge < -0.3 is 14.2 Å². The van der Waals surface area contributed by atoms with Crippen LogP contribution in [0.5, 0.6) is 5.75 Å². The summed E-state index contributed by atoms with van der Waals surface area (Å²) < 4.78 is 46.3. The van der Waals surface area contributed by atoms with Crippen LogP contribution in [-0.2, 0) is 17.6 Å². The molecular weight excluding hydrogens is 375 g/mol. The smallest absolute Gasteiger partial charge is 0.406 e. The third-order valence-corrected chi connectivity index (χ3v) is 4.49. The summed E-state index contributed by atoms with van der Waals surface area (Å²) >= 11 is 0. The summed E-state index contributed by atoms with van der Waals surface area (Å²) in [6.45, 7) is 4.48. The second kappa shape index (κ2) is 8.20. The molecule has 2 aromatic rings. The third kappa shape index (κ3) is 5.02. The standard InChI is InChI=1S/C19H22F3N3O3/c1-12(2)18-23-16(28-24-18)6-3-7-17(26)25-10-4-5-13-11-14(8-9-15(13)25)27-19(20,21)22/h8-9,11-12H,3-7,10H2,1-2H3. The van der Waals surface area contributed by atoms with Gasteiger partial charge in [-0.2, -0.15) is 4.98 Å². The molecule has 0 N–H and O–H groups in total. The number of nitrogens with zero attached hydrogens (tertiary/aromatic N) is 3. The first-order chi connectivity index (χ1) is 13.2. The molecule has 2 heterocycles. The summed E-state index contributed by atoms with van der Waals surface area (Å²) in [6, 6.07) is 4.11. The summed E-state index contributed by atoms with van der Waals surface area (Å²) in [7, 11) is 0. The molecule has 0 unspecified atom stereocenters. The van der Waals surface area contributed by atoms with E-state index in [2.05, 4.69) is 14.9 Å². The number of halogens is 3. The fraction of sp³-hybridized carbons (Fsp3) is 0.526. The van der Waals surface area contributed by atoms with Crippen molar-refractivity contribution in [1.29, 1.82) is 0 Å². The van der Waals surface area contributed by atoms with Crippen molar-refractivity contribution < 1.29 is 27.2 Å². The van der Waals surface area contributed by atoms with Crippen LogP contribution in [0.25, 0.3) is 0 Å². The van der Waals surface area contributed by atoms with Crippen LogP contribution in [-0.4, -0.2) is 29.0 Å². The van der Waals surface area contributed by atoms with E-state index >= 15 is 0 Å². The van der Waals surface area contributed by atoms with E-state index in [9.17, 15) is 18.0 Å². The fourth-order valence-electron chi connectivity index (χ4n) is 3.16. The number of rotatable bonds is 6. The van der Waals surface area contributed by atoms with E-state index in [-0.39, 0.29) is 17.6 Å². The highest BCUT2D eigenvalue weighted by molar-refractivity contribution is 5.94. The van der Waals surface area contributed by atoms with Gasteiger partial charge in [0.1, 0.15) is 5.75 Å². The van der Waals surface area contributed by atoms with Crippen LogP contribution in [0.4, 0.5) is 18.9 Å². The molecule has 0 atom stereocenters. The van der Waals surface area contributed by atoms with Crippen molar-refractivity contribution in [2.75, 3.05) is 11.4 Å². The van der Waals surface area contributed by atoms with Crippen LogP contribution >= 0.6 is 0 Å². The summed E-state index contributed by atoms with van der Waals surface area (Å²) in [5.41, 5.74) is 1.32. The lowest BCUT2D eigenvalue weighted by atomic mass is 10.0. The highest BCUT2D eigenvalue weighted by Gasteiger charge is 2.32. The van der Waals surface area contributed by atoms with Gasteiger partial charge in [-0.3, -0.25) is 4.79 Å². The van der Waals surface area contributed by atoms with Crippen molar-refractivity contribution in [2.45, 2.75) is 58.2 Å². The monoisotopic (exact) mass is 397 g/mol. The number of carbonyl (C=O) groups excluding carboxylic acids is 1. The van der Waals surface area contributed by atoms with Gasteiger partial charge in [0, 0.05) is 31.0 Å². The largest absolute Gasteiger partial charge is 0.573 e. The number of amides is 1. The van der Waals surface area contributed by atoms with Gasteiger partial charge in [-0.15, -0.1) is 13.2 Å². The Kier molecular flexibility index (Phi) is 5.90. The molecule has 1 aromatic heterocycles. The summed E-state index contributed by atoms with van der Waals surface area (Å²) in [5.74, 6) is 0.981. The van der Waals surface area contributed by atoms with Crippen molar-refractivity contribution in [3.63, 3.8) is 0 Å². The first-order valence-electron chi connectivity index (χ1n) is 9.24. The van der Waals surface area contributed by atoms with E-state index in [0.717, 1.165) is 0 Å². The zero-order valence-corrected chi connectivity index (χ0v) is 15.8. The number of fused-ring (bicyclic) bond motifs is 1. The molecule has 1 amide bonds. The van der Waals surface area contributed by atoms with E-state index in [0.29, 0.717) is 61.6 Å². The van der Waals surface area contributed by atoms with Gasteiger partial charge in [-0.1, -0.05) is 19.0 Å². The van der Waals surface area contributed by atoms with Crippen LogP contribution in [0.2, 0.25) is 0 Å². The molecule has 152 valence electrons. The molecule has 0 fully saturated rings. The molecule has 0 bridgehead atoms. The number of alkyl halides is 3. The van der Waals surface area contributed by atoms with Gasteiger partial charge >= 0.3 is 6.36 Å². The van der Waals surface area contributed by atoms with Gasteiger partial charge in [0.2, 0.25) is 11.8 Å². The number of benzene rings is 1. The highest BCUT2D eigenvalue weighted by atomic mass is 19.4. The van der Waals surface area contributed by atoms with Crippen molar-refractivity contribution in [2.24, 2.45) is 0 Å². The first-order valence-corrected chi connectivity index (χ1v) is 9.24. The molecule has 0 radical (unpaired) electrons. The van der Waals surface area contributed by atoms with E-state index in [4.69, 9.17) is 4.52 Å². The zero-order valence-electron chi connectivity index (χ0n) is 15.8. The van der Waals surface area contributed by atoms with E-state index in [1.807, 2.05) is 13.8 Å². The number of aryl methyl sites for hydroxylation is 2. The third-order valence-electron chi connectivity index (χ3n) is 4.49. The lowest BCUT2D eigenvalue weighted by Crippen LogP contribution is -2.35. The average Bonchev–Trinajstić information content (AvgIpc) is 3.08. The van der Waals surface area contributed by atoms with Gasteiger partial charge in [-0.25, -0.2) is 0 Å². The SMILES string of the molecule is CC(C)c1noc(CCCC(=O)N2CCCc3cc(OC(F)(F)F)ccc32)n1. The number of aromatic nitrogens is 2. The van der Waals surface area contributed by atoms with Crippen LogP contribution in [0.3, 0.4) is 0 Å². The second-order valence-corrected chi connectivity index (χ2v) is 7.04. The molecule has 1 aliphatic heterocycles. The summed E-state index contributed by atoms with van der Waals surface area (Å²) in [4.78, 5) is 18.5. The number of hydrogen-bond acceptors (Lipinski definition) is 5. The topological polar surface area (TPSA) is 68.5 Å². The molecule has 0 saturated heterocycles. The Labute approximate surface area is 160 Å². The van der Waals surface area contributed by atoms with Crippen molar-refractivity contribution in [3.05, 3.63) is 35.5 Å². The zero-order chi connectivity index (χ0) is 20.3. The number of ether oxygens (including phenoxy) is 1. The average molecular weight is 397 g/mol. The lowest BCUT2D eigenvalue weighted by molar-refractivity contribution is -0.274. The van der Waals surface area contributed by atoms with E-state index < -0.39 is 6.36 Å². The molecule has 1 aliphatic rings.